The molecule has 2 heterocycles. The van der Waals surface area contributed by atoms with E-state index in [9.17, 15) is 18.0 Å². The third kappa shape index (κ3) is 5.28. The van der Waals surface area contributed by atoms with E-state index in [1.807, 2.05) is 19.0 Å². The number of carbonyl (C=O) groups is 1. The fourth-order valence-corrected chi connectivity index (χ4v) is 4.30. The molecule has 0 spiro atoms. The molecule has 4 rings (SSSR count). The monoisotopic (exact) mass is 484 g/mol. The second-order valence-corrected chi connectivity index (χ2v) is 9.65. The highest BCUT2D eigenvalue weighted by Gasteiger charge is 2.16. The third-order valence-electron chi connectivity index (χ3n) is 5.14. The van der Waals surface area contributed by atoms with E-state index < -0.39 is 21.7 Å². The molecule has 0 atom stereocenters. The first-order valence-electron chi connectivity index (χ1n) is 10.4. The van der Waals surface area contributed by atoms with Crippen molar-refractivity contribution in [2.75, 3.05) is 26.0 Å². The Kier molecular flexibility index (Phi) is 6.68. The number of carbonyl (C=O) groups excluding carboxylic acids is 1. The molecular weight excluding hydrogens is 460 g/mol. The van der Waals surface area contributed by atoms with Gasteiger partial charge in [0.05, 0.1) is 23.2 Å². The van der Waals surface area contributed by atoms with Crippen LogP contribution in [0.4, 0.5) is 5.69 Å². The van der Waals surface area contributed by atoms with Crippen molar-refractivity contribution in [2.24, 2.45) is 0 Å². The summed E-state index contributed by atoms with van der Waals surface area (Å²) in [7, 11) is 0.0507. The summed E-state index contributed by atoms with van der Waals surface area (Å²) in [6.07, 6.45) is 1.46. The molecule has 0 saturated heterocycles. The first-order chi connectivity index (χ1) is 16.2. The molecule has 0 radical (unpaired) electrons. The Bertz CT molecular complexity index is 1450. The van der Waals surface area contributed by atoms with Gasteiger partial charge in [0.1, 0.15) is 5.76 Å². The molecule has 11 heteroatoms. The van der Waals surface area contributed by atoms with Crippen LogP contribution in [-0.2, 0) is 23.1 Å². The lowest BCUT2D eigenvalue weighted by atomic mass is 10.2. The maximum absolute atomic E-state index is 12.7. The van der Waals surface area contributed by atoms with Gasteiger partial charge in [-0.3, -0.25) is 9.36 Å². The van der Waals surface area contributed by atoms with E-state index in [0.29, 0.717) is 35.6 Å². The number of sulfonamides is 1. The van der Waals surface area contributed by atoms with Crippen molar-refractivity contribution in [3.05, 3.63) is 82.7 Å². The molecule has 34 heavy (non-hydrogen) atoms. The fraction of sp³-hybridized carbons (Fsp3) is 0.217. The molecule has 4 aromatic rings. The van der Waals surface area contributed by atoms with Crippen LogP contribution in [0.2, 0.25) is 0 Å². The summed E-state index contributed by atoms with van der Waals surface area (Å²) in [5, 5.41) is 2.77. The lowest BCUT2D eigenvalue weighted by Crippen LogP contribution is -2.23. The highest BCUT2D eigenvalue weighted by atomic mass is 32.2. The first-order valence-corrected chi connectivity index (χ1v) is 11.9. The molecule has 178 valence electrons. The third-order valence-corrected chi connectivity index (χ3v) is 6.56. The minimum absolute atomic E-state index is 0.0215. The first kappa shape index (κ1) is 23.5. The van der Waals surface area contributed by atoms with Gasteiger partial charge < -0.3 is 19.1 Å². The molecule has 0 bridgehead atoms. The lowest BCUT2D eigenvalue weighted by molar-refractivity contribution is 0.102. The molecule has 0 saturated carbocycles. The van der Waals surface area contributed by atoms with E-state index in [4.69, 9.17) is 8.83 Å². The molecule has 0 aliphatic rings. The smallest absolute Gasteiger partial charge is 0.419 e. The Hall–Kier alpha value is -3.67. The lowest BCUT2D eigenvalue weighted by Gasteiger charge is -2.10. The summed E-state index contributed by atoms with van der Waals surface area (Å²) < 4.78 is 39.3. The molecule has 0 unspecified atom stereocenters. The molecule has 10 nitrogen and oxygen atoms in total. The number of hydrogen-bond acceptors (Lipinski definition) is 7. The van der Waals surface area contributed by atoms with E-state index in [1.54, 1.807) is 30.3 Å². The molecule has 2 aromatic heterocycles. The summed E-state index contributed by atoms with van der Waals surface area (Å²) in [5.74, 6) is -0.392. The van der Waals surface area contributed by atoms with E-state index >= 15 is 0 Å². The minimum Gasteiger partial charge on any atom is -0.468 e. The van der Waals surface area contributed by atoms with E-state index in [2.05, 4.69) is 10.0 Å². The van der Waals surface area contributed by atoms with Crippen LogP contribution in [0.25, 0.3) is 11.1 Å². The van der Waals surface area contributed by atoms with Crippen LogP contribution >= 0.6 is 0 Å². The van der Waals surface area contributed by atoms with E-state index in [0.717, 1.165) is 0 Å². The number of fused-ring (bicyclic) bond motifs is 1. The van der Waals surface area contributed by atoms with Crippen molar-refractivity contribution >= 4 is 32.7 Å². The second-order valence-electron chi connectivity index (χ2n) is 7.89. The largest absolute Gasteiger partial charge is 0.468 e. The van der Waals surface area contributed by atoms with Crippen molar-refractivity contribution in [1.82, 2.24) is 14.2 Å². The quantitative estimate of drug-likeness (QED) is 0.374. The zero-order valence-corrected chi connectivity index (χ0v) is 19.5. The van der Waals surface area contributed by atoms with E-state index in [-0.39, 0.29) is 17.0 Å². The van der Waals surface area contributed by atoms with Gasteiger partial charge in [-0.1, -0.05) is 0 Å². The summed E-state index contributed by atoms with van der Waals surface area (Å²) in [4.78, 5) is 26.9. The predicted molar refractivity (Wildman–Crippen MR) is 126 cm³/mol. The van der Waals surface area contributed by atoms with Gasteiger partial charge in [-0.15, -0.1) is 0 Å². The number of benzene rings is 2. The Morgan fingerprint density at radius 2 is 1.85 bits per heavy atom. The number of amides is 1. The number of oxazole rings is 1. The maximum Gasteiger partial charge on any atom is 0.419 e. The number of anilines is 1. The fourth-order valence-electron chi connectivity index (χ4n) is 3.30. The van der Waals surface area contributed by atoms with Crippen molar-refractivity contribution in [3.8, 4) is 0 Å². The van der Waals surface area contributed by atoms with Gasteiger partial charge in [-0.2, -0.15) is 0 Å². The SMILES string of the molecule is CN(C)CCn1c(=O)oc2ccc(NC(=O)c3ccc(S(=O)(=O)NCc4ccco4)cc3)cc21. The summed E-state index contributed by atoms with van der Waals surface area (Å²) in [6, 6.07) is 13.8. The Morgan fingerprint density at radius 1 is 1.09 bits per heavy atom. The number of hydrogen-bond donors (Lipinski definition) is 2. The Morgan fingerprint density at radius 3 is 2.53 bits per heavy atom. The molecule has 0 fully saturated rings. The highest BCUT2D eigenvalue weighted by molar-refractivity contribution is 7.89. The highest BCUT2D eigenvalue weighted by Crippen LogP contribution is 2.20. The van der Waals surface area contributed by atoms with Gasteiger partial charge in [0.2, 0.25) is 10.0 Å². The second kappa shape index (κ2) is 9.67. The number of nitrogens with zero attached hydrogens (tertiary/aromatic N) is 2. The van der Waals surface area contributed by atoms with Crippen LogP contribution in [0, 0.1) is 0 Å². The number of furan rings is 1. The van der Waals surface area contributed by atoms with Crippen LogP contribution in [0.1, 0.15) is 16.1 Å². The predicted octanol–water partition coefficient (Wildman–Crippen LogP) is 2.48. The topological polar surface area (TPSA) is 127 Å². The average molecular weight is 485 g/mol. The van der Waals surface area contributed by atoms with Crippen LogP contribution in [-0.4, -0.2) is 44.4 Å². The van der Waals surface area contributed by atoms with Gasteiger partial charge in [0.25, 0.3) is 5.91 Å². The number of aromatic nitrogens is 1. The van der Waals surface area contributed by atoms with Gasteiger partial charge >= 0.3 is 5.76 Å². The Labute approximate surface area is 195 Å². The van der Waals surface area contributed by atoms with Crippen molar-refractivity contribution in [2.45, 2.75) is 18.0 Å². The zero-order chi connectivity index (χ0) is 24.3. The molecular formula is C23H24N4O6S. The molecule has 1 amide bonds. The molecule has 2 N–H and O–H groups in total. The molecule has 2 aromatic carbocycles. The summed E-state index contributed by atoms with van der Waals surface area (Å²) >= 11 is 0. The number of rotatable bonds is 9. The number of likely N-dealkylation sites (N-methyl/N-ethyl adjacent to an activating group) is 1. The van der Waals surface area contributed by atoms with Crippen LogP contribution in [0.15, 0.2) is 79.4 Å². The van der Waals surface area contributed by atoms with E-state index in [1.165, 1.54) is 35.1 Å². The van der Waals surface area contributed by atoms with Crippen molar-refractivity contribution in [1.29, 1.82) is 0 Å². The van der Waals surface area contributed by atoms with Gasteiger partial charge in [0.15, 0.2) is 5.58 Å². The van der Waals surface area contributed by atoms with Crippen LogP contribution in [0.5, 0.6) is 0 Å². The average Bonchev–Trinajstić information content (AvgIpc) is 3.43. The van der Waals surface area contributed by atoms with Gasteiger partial charge in [-0.25, -0.2) is 17.9 Å². The zero-order valence-electron chi connectivity index (χ0n) is 18.6. The number of nitrogens with one attached hydrogen (secondary N) is 2. The summed E-state index contributed by atoms with van der Waals surface area (Å²) in [6.45, 7) is 1.12. The Balaban J connectivity index is 1.47. The van der Waals surface area contributed by atoms with Gasteiger partial charge in [0, 0.05) is 24.3 Å². The standard InChI is InChI=1S/C23H24N4O6S/c1-26(2)11-12-27-20-14-17(7-10-21(20)33-23(27)29)25-22(28)16-5-8-19(9-6-16)34(30,31)24-15-18-4-3-13-32-18/h3-10,13-14,24H,11-12,15H2,1-2H3,(H,25,28). The summed E-state index contributed by atoms with van der Waals surface area (Å²) in [5.41, 5.74) is 1.77. The molecule has 0 aliphatic heterocycles. The maximum atomic E-state index is 12.7. The normalized spacial score (nSPS) is 11.9. The van der Waals surface area contributed by atoms with Crippen LogP contribution in [0.3, 0.4) is 0 Å². The van der Waals surface area contributed by atoms with Crippen molar-refractivity contribution in [3.63, 3.8) is 0 Å². The van der Waals surface area contributed by atoms with Crippen molar-refractivity contribution < 1.29 is 22.0 Å². The minimum atomic E-state index is -3.76. The van der Waals surface area contributed by atoms with Crippen LogP contribution < -0.4 is 15.8 Å². The molecule has 0 aliphatic carbocycles. The van der Waals surface area contributed by atoms with Gasteiger partial charge in [-0.05, 0) is 68.7 Å².